The maximum Gasteiger partial charge on any atom is 0.221 e. The maximum absolute atomic E-state index is 11.1. The monoisotopic (exact) mass is 475 g/mol. The van der Waals surface area contributed by atoms with Crippen LogP contribution in [0.4, 0.5) is 5.69 Å². The van der Waals surface area contributed by atoms with Gasteiger partial charge in [0.05, 0.1) is 13.1 Å². The van der Waals surface area contributed by atoms with Gasteiger partial charge in [-0.05, 0) is 38.1 Å². The van der Waals surface area contributed by atoms with Crippen molar-refractivity contribution >= 4 is 41.5 Å². The van der Waals surface area contributed by atoms with Crippen LogP contribution in [0.2, 0.25) is 0 Å². The van der Waals surface area contributed by atoms with E-state index in [1.54, 1.807) is 6.07 Å². The van der Waals surface area contributed by atoms with Gasteiger partial charge in [0.25, 0.3) is 0 Å². The molecule has 8 heteroatoms. The molecule has 1 unspecified atom stereocenters. The summed E-state index contributed by atoms with van der Waals surface area (Å²) in [6.07, 6.45) is 2.44. The molecule has 1 atom stereocenters. The van der Waals surface area contributed by atoms with Gasteiger partial charge in [-0.3, -0.25) is 14.7 Å². The second-order valence-corrected chi connectivity index (χ2v) is 6.13. The van der Waals surface area contributed by atoms with Gasteiger partial charge < -0.3 is 21.1 Å². The number of rotatable bonds is 8. The number of carbonyl (C=O) groups excluding carboxylic acids is 1. The smallest absolute Gasteiger partial charge is 0.221 e. The third kappa shape index (κ3) is 7.77. The number of nitrogens with one attached hydrogen (secondary N) is 2. The molecule has 0 radical (unpaired) electrons. The number of amides is 1. The minimum Gasteiger partial charge on any atom is -0.492 e. The van der Waals surface area contributed by atoms with E-state index >= 15 is 0 Å². The second-order valence-electron chi connectivity index (χ2n) is 6.13. The Labute approximate surface area is 172 Å². The molecular formula is C18H30IN5O2. The quantitative estimate of drug-likeness (QED) is 0.232. The summed E-state index contributed by atoms with van der Waals surface area (Å²) in [4.78, 5) is 17.9. The summed E-state index contributed by atoms with van der Waals surface area (Å²) < 4.78 is 5.66. The Balaban J connectivity index is 0.00000338. The minimum atomic E-state index is -0.105. The van der Waals surface area contributed by atoms with Gasteiger partial charge in [-0.15, -0.1) is 24.0 Å². The van der Waals surface area contributed by atoms with Crippen LogP contribution >= 0.6 is 24.0 Å². The fourth-order valence-electron chi connectivity index (χ4n) is 2.99. The molecule has 1 aliphatic heterocycles. The van der Waals surface area contributed by atoms with Crippen molar-refractivity contribution < 1.29 is 9.53 Å². The first kappa shape index (κ1) is 22.5. The van der Waals surface area contributed by atoms with E-state index in [1.807, 2.05) is 18.2 Å². The lowest BCUT2D eigenvalue weighted by Gasteiger charge is -2.20. The molecule has 1 aromatic rings. The molecule has 26 heavy (non-hydrogen) atoms. The number of hydrogen-bond donors (Lipinski definition) is 3. The topological polar surface area (TPSA) is 92.0 Å². The van der Waals surface area contributed by atoms with Crippen LogP contribution in [0.1, 0.15) is 26.7 Å². The highest BCUT2D eigenvalue weighted by atomic mass is 127. The zero-order chi connectivity index (χ0) is 18.1. The van der Waals surface area contributed by atoms with E-state index in [4.69, 9.17) is 10.5 Å². The zero-order valence-corrected chi connectivity index (χ0v) is 17.9. The second kappa shape index (κ2) is 11.9. The van der Waals surface area contributed by atoms with E-state index in [0.717, 1.165) is 25.3 Å². The number of likely N-dealkylation sites (N-methyl/N-ethyl adjacent to an activating group) is 1. The number of benzene rings is 1. The largest absolute Gasteiger partial charge is 0.492 e. The lowest BCUT2D eigenvalue weighted by Crippen LogP contribution is -2.37. The number of nitrogens with two attached hydrogens (primary N) is 1. The number of anilines is 1. The van der Waals surface area contributed by atoms with Crippen LogP contribution in [0.3, 0.4) is 0 Å². The summed E-state index contributed by atoms with van der Waals surface area (Å²) >= 11 is 0. The normalized spacial score (nSPS) is 17.5. The predicted octanol–water partition coefficient (Wildman–Crippen LogP) is 2.03. The van der Waals surface area contributed by atoms with E-state index in [1.165, 1.54) is 19.8 Å². The maximum atomic E-state index is 11.1. The number of guanidine groups is 1. The molecule has 7 nitrogen and oxygen atoms in total. The van der Waals surface area contributed by atoms with Gasteiger partial charge in [-0.1, -0.05) is 13.0 Å². The summed E-state index contributed by atoms with van der Waals surface area (Å²) in [6, 6.07) is 7.81. The van der Waals surface area contributed by atoms with Gasteiger partial charge in [0.1, 0.15) is 12.4 Å². The molecule has 1 heterocycles. The van der Waals surface area contributed by atoms with Gasteiger partial charge in [-0.25, -0.2) is 0 Å². The van der Waals surface area contributed by atoms with Crippen molar-refractivity contribution in [3.05, 3.63) is 24.3 Å². The number of halogens is 1. The van der Waals surface area contributed by atoms with E-state index < -0.39 is 0 Å². The molecule has 1 amide bonds. The van der Waals surface area contributed by atoms with E-state index in [9.17, 15) is 4.79 Å². The molecule has 146 valence electrons. The number of likely N-dealkylation sites (tertiary alicyclic amines) is 1. The first-order valence-electron chi connectivity index (χ1n) is 8.86. The molecule has 1 aromatic carbocycles. The van der Waals surface area contributed by atoms with Crippen LogP contribution in [0.5, 0.6) is 5.75 Å². The van der Waals surface area contributed by atoms with Crippen LogP contribution < -0.4 is 21.1 Å². The Kier molecular flexibility index (Phi) is 10.3. The Morgan fingerprint density at radius 1 is 1.46 bits per heavy atom. The fourth-order valence-corrected chi connectivity index (χ4v) is 2.99. The Hall–Kier alpha value is -1.55. The standard InChI is InChI=1S/C18H29N5O2.HI/c1-3-23-10-5-7-16(23)13-21-18(19)20-9-11-25-17-8-4-6-15(12-17)22-14(2)24;/h4,6,8,12,16H,3,5,7,9-11,13H2,1-2H3,(H,22,24)(H3,19,20,21);1H. The highest BCUT2D eigenvalue weighted by Gasteiger charge is 2.22. The molecule has 0 bridgehead atoms. The summed E-state index contributed by atoms with van der Waals surface area (Å²) in [5.41, 5.74) is 6.63. The summed E-state index contributed by atoms with van der Waals surface area (Å²) in [5, 5.41) is 5.80. The number of aliphatic imine (C=N–C) groups is 1. The SMILES string of the molecule is CCN1CCCC1CN=C(N)NCCOc1cccc(NC(C)=O)c1.I. The number of ether oxygens (including phenoxy) is 1. The van der Waals surface area contributed by atoms with E-state index in [2.05, 4.69) is 27.4 Å². The highest BCUT2D eigenvalue weighted by Crippen LogP contribution is 2.17. The third-order valence-electron chi connectivity index (χ3n) is 4.21. The average molecular weight is 475 g/mol. The molecule has 1 fully saturated rings. The number of hydrogen-bond acceptors (Lipinski definition) is 4. The first-order chi connectivity index (χ1) is 12.1. The van der Waals surface area contributed by atoms with Crippen molar-refractivity contribution in [2.45, 2.75) is 32.7 Å². The summed E-state index contributed by atoms with van der Waals surface area (Å²) in [5.74, 6) is 1.05. The van der Waals surface area contributed by atoms with Crippen LogP contribution in [-0.4, -0.2) is 55.6 Å². The third-order valence-corrected chi connectivity index (χ3v) is 4.21. The van der Waals surface area contributed by atoms with Crippen LogP contribution in [-0.2, 0) is 4.79 Å². The zero-order valence-electron chi connectivity index (χ0n) is 15.5. The van der Waals surface area contributed by atoms with Gasteiger partial charge >= 0.3 is 0 Å². The number of nitrogens with zero attached hydrogens (tertiary/aromatic N) is 2. The van der Waals surface area contributed by atoms with Crippen LogP contribution in [0.15, 0.2) is 29.3 Å². The van der Waals surface area contributed by atoms with Crippen molar-refractivity contribution in [2.24, 2.45) is 10.7 Å². The molecule has 2 rings (SSSR count). The van der Waals surface area contributed by atoms with E-state index in [-0.39, 0.29) is 29.9 Å². The van der Waals surface area contributed by atoms with Gasteiger partial charge in [0.15, 0.2) is 5.96 Å². The number of carbonyl (C=O) groups is 1. The molecule has 0 spiro atoms. The van der Waals surface area contributed by atoms with Gasteiger partial charge in [0, 0.05) is 24.7 Å². The Bertz CT molecular complexity index is 597. The molecule has 4 N–H and O–H groups in total. The van der Waals surface area contributed by atoms with Crippen molar-refractivity contribution in [3.8, 4) is 5.75 Å². The molecule has 0 saturated carbocycles. The summed E-state index contributed by atoms with van der Waals surface area (Å²) in [6.45, 7) is 7.67. The van der Waals surface area contributed by atoms with Crippen LogP contribution in [0.25, 0.3) is 0 Å². The summed E-state index contributed by atoms with van der Waals surface area (Å²) in [7, 11) is 0. The lowest BCUT2D eigenvalue weighted by atomic mass is 10.2. The van der Waals surface area contributed by atoms with Gasteiger partial charge in [-0.2, -0.15) is 0 Å². The Morgan fingerprint density at radius 2 is 2.27 bits per heavy atom. The Morgan fingerprint density at radius 3 is 3.00 bits per heavy atom. The molecule has 0 aliphatic carbocycles. The predicted molar refractivity (Wildman–Crippen MR) is 116 cm³/mol. The first-order valence-corrected chi connectivity index (χ1v) is 8.86. The molecule has 0 aromatic heterocycles. The molecule has 1 saturated heterocycles. The van der Waals surface area contributed by atoms with Crippen LogP contribution in [0, 0.1) is 0 Å². The fraction of sp³-hybridized carbons (Fsp3) is 0.556. The van der Waals surface area contributed by atoms with Crippen molar-refractivity contribution in [3.63, 3.8) is 0 Å². The van der Waals surface area contributed by atoms with E-state index in [0.29, 0.717) is 30.9 Å². The molecular weight excluding hydrogens is 445 g/mol. The van der Waals surface area contributed by atoms with Gasteiger partial charge in [0.2, 0.25) is 5.91 Å². The minimum absolute atomic E-state index is 0. The van der Waals surface area contributed by atoms with Crippen molar-refractivity contribution in [2.75, 3.05) is 38.1 Å². The lowest BCUT2D eigenvalue weighted by molar-refractivity contribution is -0.114. The van der Waals surface area contributed by atoms with Crippen molar-refractivity contribution in [1.29, 1.82) is 0 Å². The van der Waals surface area contributed by atoms with Crippen molar-refractivity contribution in [1.82, 2.24) is 10.2 Å². The molecule has 1 aliphatic rings. The highest BCUT2D eigenvalue weighted by molar-refractivity contribution is 14.0. The average Bonchev–Trinajstić information content (AvgIpc) is 3.04.